The summed E-state index contributed by atoms with van der Waals surface area (Å²) in [6, 6.07) is 10.6. The number of nitrogens with one attached hydrogen (secondary N) is 2. The molecule has 0 saturated heterocycles. The molecule has 0 fully saturated rings. The van der Waals surface area contributed by atoms with E-state index in [1.807, 2.05) is 38.1 Å². The van der Waals surface area contributed by atoms with Gasteiger partial charge in [0.25, 0.3) is 11.8 Å². The molecule has 0 aliphatic carbocycles. The zero-order chi connectivity index (χ0) is 18.9. The molecule has 138 valence electrons. The molecule has 0 unspecified atom stereocenters. The number of furan rings is 1. The van der Waals surface area contributed by atoms with Crippen LogP contribution in [0.3, 0.4) is 0 Å². The normalized spacial score (nSPS) is 11.5. The SMILES string of the molecule is Cc1cccc(C(=O)N/C(=C\c2ccco2)C(=O)NCCCN(C)C)c1. The Balaban J connectivity index is 2.09. The van der Waals surface area contributed by atoms with Crippen molar-refractivity contribution in [2.75, 3.05) is 27.2 Å². The highest BCUT2D eigenvalue weighted by molar-refractivity contribution is 6.05. The van der Waals surface area contributed by atoms with E-state index in [1.165, 1.54) is 12.3 Å². The second-order valence-electron chi connectivity index (χ2n) is 6.31. The first kappa shape index (κ1) is 19.5. The van der Waals surface area contributed by atoms with Gasteiger partial charge in [0.05, 0.1) is 6.26 Å². The monoisotopic (exact) mass is 355 g/mol. The van der Waals surface area contributed by atoms with Gasteiger partial charge in [-0.05, 0) is 58.3 Å². The lowest BCUT2D eigenvalue weighted by Gasteiger charge is -2.12. The first-order chi connectivity index (χ1) is 12.5. The molecule has 0 spiro atoms. The summed E-state index contributed by atoms with van der Waals surface area (Å²) in [5.41, 5.74) is 1.62. The summed E-state index contributed by atoms with van der Waals surface area (Å²) in [7, 11) is 3.96. The van der Waals surface area contributed by atoms with Gasteiger partial charge in [-0.25, -0.2) is 0 Å². The molecule has 0 radical (unpaired) electrons. The Hall–Kier alpha value is -2.86. The second-order valence-corrected chi connectivity index (χ2v) is 6.31. The Morgan fingerprint density at radius 1 is 1.19 bits per heavy atom. The van der Waals surface area contributed by atoms with Crippen molar-refractivity contribution < 1.29 is 14.0 Å². The summed E-state index contributed by atoms with van der Waals surface area (Å²) in [5, 5.41) is 5.52. The lowest BCUT2D eigenvalue weighted by molar-refractivity contribution is -0.117. The van der Waals surface area contributed by atoms with Crippen molar-refractivity contribution in [1.82, 2.24) is 15.5 Å². The van der Waals surface area contributed by atoms with E-state index in [0.29, 0.717) is 17.9 Å². The zero-order valence-corrected chi connectivity index (χ0v) is 15.4. The van der Waals surface area contributed by atoms with Crippen LogP contribution in [0.4, 0.5) is 0 Å². The van der Waals surface area contributed by atoms with Crippen LogP contribution in [0.25, 0.3) is 6.08 Å². The first-order valence-electron chi connectivity index (χ1n) is 8.52. The standard InChI is InChI=1S/C20H25N3O3/c1-15-7-4-8-16(13-15)19(24)22-18(14-17-9-5-12-26-17)20(25)21-10-6-11-23(2)3/h4-5,7-9,12-14H,6,10-11H2,1-3H3,(H,21,25)(H,22,24)/b18-14-. The van der Waals surface area contributed by atoms with Gasteiger partial charge in [0.2, 0.25) is 0 Å². The van der Waals surface area contributed by atoms with Crippen molar-refractivity contribution in [3.05, 3.63) is 65.2 Å². The van der Waals surface area contributed by atoms with Crippen LogP contribution in [-0.4, -0.2) is 43.9 Å². The number of nitrogens with zero attached hydrogens (tertiary/aromatic N) is 1. The molecule has 6 heteroatoms. The Morgan fingerprint density at radius 3 is 2.65 bits per heavy atom. The van der Waals surface area contributed by atoms with Gasteiger partial charge in [0.1, 0.15) is 11.5 Å². The minimum atomic E-state index is -0.346. The molecule has 0 saturated carbocycles. The maximum atomic E-state index is 12.5. The molecule has 0 aliphatic heterocycles. The maximum absolute atomic E-state index is 12.5. The van der Waals surface area contributed by atoms with Crippen LogP contribution in [-0.2, 0) is 4.79 Å². The largest absolute Gasteiger partial charge is 0.465 e. The average molecular weight is 355 g/mol. The summed E-state index contributed by atoms with van der Waals surface area (Å²) >= 11 is 0. The Bertz CT molecular complexity index is 764. The van der Waals surface area contributed by atoms with E-state index in [4.69, 9.17) is 4.42 Å². The van der Waals surface area contributed by atoms with Gasteiger partial charge in [-0.2, -0.15) is 0 Å². The predicted molar refractivity (Wildman–Crippen MR) is 102 cm³/mol. The summed E-state index contributed by atoms with van der Waals surface area (Å²) in [6.07, 6.45) is 3.86. The molecule has 6 nitrogen and oxygen atoms in total. The summed E-state index contributed by atoms with van der Waals surface area (Å²) in [5.74, 6) is -0.191. The van der Waals surface area contributed by atoms with E-state index in [9.17, 15) is 9.59 Å². The molecule has 0 bridgehead atoms. The molecule has 2 rings (SSSR count). The third-order valence-corrected chi connectivity index (χ3v) is 3.67. The molecule has 2 amide bonds. The van der Waals surface area contributed by atoms with Crippen LogP contribution in [0.2, 0.25) is 0 Å². The van der Waals surface area contributed by atoms with Crippen LogP contribution < -0.4 is 10.6 Å². The number of carbonyl (C=O) groups excluding carboxylic acids is 2. The van der Waals surface area contributed by atoms with Gasteiger partial charge >= 0.3 is 0 Å². The summed E-state index contributed by atoms with van der Waals surface area (Å²) < 4.78 is 5.26. The van der Waals surface area contributed by atoms with E-state index < -0.39 is 0 Å². The summed E-state index contributed by atoms with van der Waals surface area (Å²) in [6.45, 7) is 3.30. The number of hydrogen-bond acceptors (Lipinski definition) is 4. The van der Waals surface area contributed by atoms with E-state index in [2.05, 4.69) is 10.6 Å². The van der Waals surface area contributed by atoms with Crippen LogP contribution in [0.1, 0.15) is 28.1 Å². The smallest absolute Gasteiger partial charge is 0.267 e. The molecular weight excluding hydrogens is 330 g/mol. The van der Waals surface area contributed by atoms with Gasteiger partial charge in [0, 0.05) is 18.2 Å². The van der Waals surface area contributed by atoms with Gasteiger partial charge in [-0.3, -0.25) is 9.59 Å². The highest BCUT2D eigenvalue weighted by atomic mass is 16.3. The zero-order valence-electron chi connectivity index (χ0n) is 15.4. The Labute approximate surface area is 153 Å². The fraction of sp³-hybridized carbons (Fsp3) is 0.300. The number of carbonyl (C=O) groups is 2. The van der Waals surface area contributed by atoms with Gasteiger partial charge in [-0.1, -0.05) is 17.7 Å². The number of hydrogen-bond donors (Lipinski definition) is 2. The van der Waals surface area contributed by atoms with Crippen molar-refractivity contribution in [3.8, 4) is 0 Å². The molecule has 0 aliphatic rings. The highest BCUT2D eigenvalue weighted by Gasteiger charge is 2.15. The van der Waals surface area contributed by atoms with Crippen molar-refractivity contribution in [2.45, 2.75) is 13.3 Å². The maximum Gasteiger partial charge on any atom is 0.267 e. The van der Waals surface area contributed by atoms with E-state index >= 15 is 0 Å². The Kier molecular flexibility index (Phi) is 7.17. The third-order valence-electron chi connectivity index (χ3n) is 3.67. The van der Waals surface area contributed by atoms with Crippen LogP contribution >= 0.6 is 0 Å². The van der Waals surface area contributed by atoms with Crippen molar-refractivity contribution in [2.24, 2.45) is 0 Å². The van der Waals surface area contributed by atoms with E-state index in [0.717, 1.165) is 18.5 Å². The fourth-order valence-corrected chi connectivity index (χ4v) is 2.35. The number of amides is 2. The lowest BCUT2D eigenvalue weighted by Crippen LogP contribution is -2.36. The highest BCUT2D eigenvalue weighted by Crippen LogP contribution is 2.09. The molecule has 2 N–H and O–H groups in total. The number of benzene rings is 1. The van der Waals surface area contributed by atoms with E-state index in [-0.39, 0.29) is 17.5 Å². The Morgan fingerprint density at radius 2 is 2.00 bits per heavy atom. The van der Waals surface area contributed by atoms with Crippen LogP contribution in [0.5, 0.6) is 0 Å². The quantitative estimate of drug-likeness (QED) is 0.563. The molecule has 1 heterocycles. The van der Waals surface area contributed by atoms with Gasteiger partial charge in [0.15, 0.2) is 0 Å². The van der Waals surface area contributed by atoms with Crippen LogP contribution in [0.15, 0.2) is 52.8 Å². The molecule has 1 aromatic carbocycles. The molecular formula is C20H25N3O3. The number of rotatable bonds is 8. The van der Waals surface area contributed by atoms with Crippen molar-refractivity contribution in [3.63, 3.8) is 0 Å². The second kappa shape index (κ2) is 9.58. The molecule has 26 heavy (non-hydrogen) atoms. The molecule has 1 aromatic heterocycles. The topological polar surface area (TPSA) is 74.6 Å². The van der Waals surface area contributed by atoms with Gasteiger partial charge < -0.3 is 20.0 Å². The minimum absolute atomic E-state index is 0.149. The predicted octanol–water partition coefficient (Wildman–Crippen LogP) is 2.43. The molecule has 2 aromatic rings. The third kappa shape index (κ3) is 6.22. The van der Waals surface area contributed by atoms with Gasteiger partial charge in [-0.15, -0.1) is 0 Å². The van der Waals surface area contributed by atoms with Crippen LogP contribution in [0, 0.1) is 6.92 Å². The van der Waals surface area contributed by atoms with Crippen molar-refractivity contribution in [1.29, 1.82) is 0 Å². The lowest BCUT2D eigenvalue weighted by atomic mass is 10.1. The first-order valence-corrected chi connectivity index (χ1v) is 8.52. The fourth-order valence-electron chi connectivity index (χ4n) is 2.35. The average Bonchev–Trinajstić information content (AvgIpc) is 3.10. The number of aryl methyl sites for hydroxylation is 1. The minimum Gasteiger partial charge on any atom is -0.465 e. The molecule has 0 atom stereocenters. The summed E-state index contributed by atoms with van der Waals surface area (Å²) in [4.78, 5) is 27.0. The van der Waals surface area contributed by atoms with E-state index in [1.54, 1.807) is 24.3 Å². The van der Waals surface area contributed by atoms with Crippen molar-refractivity contribution >= 4 is 17.9 Å².